The number of hydrazone groups is 1. The minimum absolute atomic E-state index is 0.141. The van der Waals surface area contributed by atoms with Crippen molar-refractivity contribution in [3.63, 3.8) is 0 Å². The van der Waals surface area contributed by atoms with E-state index in [0.717, 1.165) is 11.8 Å². The first-order valence-electron chi connectivity index (χ1n) is 3.50. The van der Waals surface area contributed by atoms with Crippen LogP contribution in [0.1, 0.15) is 0 Å². The van der Waals surface area contributed by atoms with Gasteiger partial charge in [-0.05, 0) is 11.8 Å². The zero-order valence-electron chi connectivity index (χ0n) is 7.61. The van der Waals surface area contributed by atoms with Crippen molar-refractivity contribution in [3.05, 3.63) is 0 Å². The monoisotopic (exact) mass is 238 g/mol. The summed E-state index contributed by atoms with van der Waals surface area (Å²) in [5.41, 5.74) is -0.441. The lowest BCUT2D eigenvalue weighted by atomic mass is 11.0. The minimum atomic E-state index is -3.74. The molecule has 0 aromatic rings. The summed E-state index contributed by atoms with van der Waals surface area (Å²) in [5, 5.41) is 10.0. The van der Waals surface area contributed by atoms with Gasteiger partial charge in [0.15, 0.2) is 11.9 Å². The van der Waals surface area contributed by atoms with Gasteiger partial charge in [-0.25, -0.2) is 18.5 Å². The normalized spacial score (nSPS) is 22.9. The van der Waals surface area contributed by atoms with E-state index < -0.39 is 15.5 Å². The molecular formula is C5H10N4O3S2. The minimum Gasteiger partial charge on any atom is -0.487 e. The molecule has 14 heavy (non-hydrogen) atoms. The summed E-state index contributed by atoms with van der Waals surface area (Å²) in [6, 6.07) is 0. The van der Waals surface area contributed by atoms with Gasteiger partial charge in [0.25, 0.3) is 10.0 Å². The van der Waals surface area contributed by atoms with Crippen molar-refractivity contribution in [1.29, 1.82) is 0 Å². The number of thioether (sulfide) groups is 1. The van der Waals surface area contributed by atoms with Gasteiger partial charge in [-0.2, -0.15) is 5.10 Å². The Morgan fingerprint density at radius 3 is 2.86 bits per heavy atom. The van der Waals surface area contributed by atoms with Crippen LogP contribution in [0.2, 0.25) is 0 Å². The number of nitrogens with two attached hydrogens (primary N) is 1. The van der Waals surface area contributed by atoms with Crippen LogP contribution in [0.3, 0.4) is 0 Å². The Balaban J connectivity index is 2.74. The number of hydrogen-bond acceptors (Lipinski definition) is 7. The van der Waals surface area contributed by atoms with Crippen LogP contribution in [0.25, 0.3) is 0 Å². The molecule has 80 valence electrons. The first-order chi connectivity index (χ1) is 6.45. The summed E-state index contributed by atoms with van der Waals surface area (Å²) < 4.78 is 26.3. The van der Waals surface area contributed by atoms with E-state index in [1.807, 2.05) is 0 Å². The van der Waals surface area contributed by atoms with E-state index in [2.05, 4.69) is 14.8 Å². The van der Waals surface area contributed by atoms with Crippen LogP contribution < -0.4 is 5.14 Å². The molecule has 1 atom stereocenters. The van der Waals surface area contributed by atoms with Gasteiger partial charge in [0.2, 0.25) is 4.38 Å². The van der Waals surface area contributed by atoms with E-state index in [1.54, 1.807) is 7.05 Å². The molecule has 7 nitrogen and oxygen atoms in total. The molecule has 0 radical (unpaired) electrons. The predicted octanol–water partition coefficient (Wildman–Crippen LogP) is -0.817. The Morgan fingerprint density at radius 2 is 2.43 bits per heavy atom. The van der Waals surface area contributed by atoms with Crippen molar-refractivity contribution in [2.24, 2.45) is 15.2 Å². The number of hydrogen-bond donors (Lipinski definition) is 1. The summed E-state index contributed by atoms with van der Waals surface area (Å²) in [5.74, 6) is 0. The number of methoxy groups -OCH3 is 1. The number of nitrogens with zero attached hydrogens (tertiary/aromatic N) is 3. The fraction of sp³-hybridized carbons (Fsp3) is 0.600. The smallest absolute Gasteiger partial charge is 0.263 e. The van der Waals surface area contributed by atoms with E-state index in [9.17, 15) is 8.42 Å². The molecular weight excluding hydrogens is 228 g/mol. The van der Waals surface area contributed by atoms with Crippen LogP contribution in [0.15, 0.2) is 10.1 Å². The first-order valence-corrected chi connectivity index (χ1v) is 5.93. The molecule has 0 aliphatic carbocycles. The second kappa shape index (κ2) is 4.15. The highest BCUT2D eigenvalue weighted by Crippen LogP contribution is 2.26. The number of primary sulfonamides is 1. The second-order valence-corrected chi connectivity index (χ2v) is 5.20. The zero-order valence-corrected chi connectivity index (χ0v) is 9.25. The predicted molar refractivity (Wildman–Crippen MR) is 55.2 cm³/mol. The van der Waals surface area contributed by atoms with Crippen LogP contribution in [-0.2, 0) is 14.8 Å². The third-order valence-electron chi connectivity index (χ3n) is 1.30. The highest BCUT2D eigenvalue weighted by Gasteiger charge is 2.30. The molecule has 1 aliphatic heterocycles. The lowest BCUT2D eigenvalue weighted by molar-refractivity contribution is 0.340. The molecule has 0 amide bonds. The maximum atomic E-state index is 10.9. The summed E-state index contributed by atoms with van der Waals surface area (Å²) in [4.78, 5) is 3.89. The maximum Gasteiger partial charge on any atom is 0.263 e. The zero-order chi connectivity index (χ0) is 10.8. The van der Waals surface area contributed by atoms with Gasteiger partial charge in [0, 0.05) is 7.05 Å². The lowest BCUT2D eigenvalue weighted by Crippen LogP contribution is -2.19. The van der Waals surface area contributed by atoms with Gasteiger partial charge in [0.05, 0.1) is 7.11 Å². The Hall–Kier alpha value is -0.800. The average molecular weight is 238 g/mol. The van der Waals surface area contributed by atoms with Gasteiger partial charge in [-0.3, -0.25) is 5.01 Å². The molecule has 0 saturated carbocycles. The van der Waals surface area contributed by atoms with Crippen LogP contribution in [0.4, 0.5) is 0 Å². The van der Waals surface area contributed by atoms with Crippen LogP contribution in [0.5, 0.6) is 0 Å². The van der Waals surface area contributed by atoms with Crippen LogP contribution in [-0.4, -0.2) is 43.9 Å². The number of ether oxygens (including phenoxy) is 1. The van der Waals surface area contributed by atoms with Gasteiger partial charge in [0.1, 0.15) is 0 Å². The standard InChI is InChI=1S/C5H10N4O3S2/c1-9-4(7-3-12-2)13-5(8-9)14(6,10)11/h3-4H,1-2H3,(H2,6,10,11)/b7-3+. The Labute approximate surface area is 86.1 Å². The van der Waals surface area contributed by atoms with E-state index >= 15 is 0 Å². The molecule has 0 saturated heterocycles. The second-order valence-electron chi connectivity index (χ2n) is 2.42. The fourth-order valence-electron chi connectivity index (χ4n) is 0.732. The number of rotatable bonds is 2. The molecule has 1 unspecified atom stereocenters. The van der Waals surface area contributed by atoms with Crippen molar-refractivity contribution in [3.8, 4) is 0 Å². The van der Waals surface area contributed by atoms with Crippen LogP contribution in [0, 0.1) is 0 Å². The molecule has 0 bridgehead atoms. The first kappa shape index (κ1) is 11.3. The highest BCUT2D eigenvalue weighted by molar-refractivity contribution is 8.35. The molecule has 0 spiro atoms. The van der Waals surface area contributed by atoms with E-state index in [1.165, 1.54) is 18.5 Å². The molecule has 0 aromatic carbocycles. The topological polar surface area (TPSA) is 97.3 Å². The Morgan fingerprint density at radius 1 is 1.79 bits per heavy atom. The van der Waals surface area contributed by atoms with E-state index in [4.69, 9.17) is 5.14 Å². The van der Waals surface area contributed by atoms with Crippen molar-refractivity contribution in [1.82, 2.24) is 5.01 Å². The largest absolute Gasteiger partial charge is 0.487 e. The highest BCUT2D eigenvalue weighted by atomic mass is 32.3. The maximum absolute atomic E-state index is 10.9. The van der Waals surface area contributed by atoms with Gasteiger partial charge < -0.3 is 4.74 Å². The summed E-state index contributed by atoms with van der Waals surface area (Å²) >= 11 is 0.951. The number of aliphatic imine (C=N–C) groups is 1. The Bertz CT molecular complexity index is 363. The van der Waals surface area contributed by atoms with E-state index in [-0.39, 0.29) is 4.38 Å². The average Bonchev–Trinajstić information content (AvgIpc) is 2.43. The van der Waals surface area contributed by atoms with Crippen LogP contribution >= 0.6 is 11.8 Å². The molecule has 0 aromatic heterocycles. The Kier molecular flexibility index (Phi) is 3.34. The molecule has 1 rings (SSSR count). The molecule has 1 aliphatic rings. The van der Waals surface area contributed by atoms with Gasteiger partial charge in [-0.15, -0.1) is 0 Å². The molecule has 2 N–H and O–H groups in total. The van der Waals surface area contributed by atoms with Crippen molar-refractivity contribution >= 4 is 32.6 Å². The third-order valence-corrected chi connectivity index (χ3v) is 3.78. The van der Waals surface area contributed by atoms with E-state index in [0.29, 0.717) is 0 Å². The quantitative estimate of drug-likeness (QED) is 0.501. The van der Waals surface area contributed by atoms with Gasteiger partial charge >= 0.3 is 0 Å². The van der Waals surface area contributed by atoms with Crippen molar-refractivity contribution in [2.75, 3.05) is 14.2 Å². The van der Waals surface area contributed by atoms with Gasteiger partial charge in [-0.1, -0.05) is 0 Å². The van der Waals surface area contributed by atoms with Crippen molar-refractivity contribution < 1.29 is 13.2 Å². The molecule has 9 heteroatoms. The summed E-state index contributed by atoms with van der Waals surface area (Å²) in [6.07, 6.45) is 1.22. The van der Waals surface area contributed by atoms with Crippen molar-refractivity contribution in [2.45, 2.75) is 5.50 Å². The summed E-state index contributed by atoms with van der Waals surface area (Å²) in [6.45, 7) is 0. The molecule has 0 fully saturated rings. The summed E-state index contributed by atoms with van der Waals surface area (Å²) in [7, 11) is -0.688. The number of sulfonamides is 1. The lowest BCUT2D eigenvalue weighted by Gasteiger charge is -2.11. The third kappa shape index (κ3) is 2.59. The molecule has 1 heterocycles. The SMILES string of the molecule is CO/C=N/C1SC(S(N)(=O)=O)=NN1C. The fourth-order valence-corrected chi connectivity index (χ4v) is 2.44.